The summed E-state index contributed by atoms with van der Waals surface area (Å²) < 4.78 is 11.5. The van der Waals surface area contributed by atoms with E-state index in [2.05, 4.69) is 26.2 Å². The maximum atomic E-state index is 12.5. The van der Waals surface area contributed by atoms with Crippen molar-refractivity contribution < 1.29 is 18.7 Å². The van der Waals surface area contributed by atoms with Crippen molar-refractivity contribution in [2.45, 2.75) is 13.8 Å². The monoisotopic (exact) mass is 463 g/mol. The molecule has 3 aromatic rings. The summed E-state index contributed by atoms with van der Waals surface area (Å²) in [6.45, 7) is 3.60. The van der Waals surface area contributed by atoms with Crippen molar-refractivity contribution in [3.63, 3.8) is 0 Å². The van der Waals surface area contributed by atoms with Gasteiger partial charge in [-0.25, -0.2) is 4.98 Å². The lowest BCUT2D eigenvalue weighted by molar-refractivity contribution is -0.118. The van der Waals surface area contributed by atoms with Gasteiger partial charge in [0.1, 0.15) is 11.3 Å². The smallest absolute Gasteiger partial charge is 0.228 e. The van der Waals surface area contributed by atoms with Gasteiger partial charge in [0.25, 0.3) is 0 Å². The molecule has 1 amide bonds. The summed E-state index contributed by atoms with van der Waals surface area (Å²) in [5.41, 5.74) is 7.39. The highest BCUT2D eigenvalue weighted by molar-refractivity contribution is 9.10. The van der Waals surface area contributed by atoms with Crippen molar-refractivity contribution in [3.05, 3.63) is 39.5 Å². The zero-order valence-electron chi connectivity index (χ0n) is 15.4. The lowest BCUT2D eigenvalue weighted by atomic mass is 10.2. The molecule has 0 spiro atoms. The van der Waals surface area contributed by atoms with Crippen molar-refractivity contribution in [3.8, 4) is 5.75 Å². The molecule has 0 aliphatic heterocycles. The van der Waals surface area contributed by atoms with E-state index in [1.807, 2.05) is 0 Å². The number of amides is 1. The first kappa shape index (κ1) is 20.1. The number of aromatic nitrogens is 1. The Morgan fingerprint density at radius 2 is 2.14 bits per heavy atom. The van der Waals surface area contributed by atoms with E-state index >= 15 is 0 Å². The molecule has 1 aromatic carbocycles. The van der Waals surface area contributed by atoms with Gasteiger partial charge in [-0.05, 0) is 40.2 Å². The van der Waals surface area contributed by atoms with E-state index in [0.29, 0.717) is 32.0 Å². The SMILES string of the molecule is COc1ccc2oc(C(=O)/C=C/c3csc(NC(=O)C(C)C)n3)c(N)c2c1Br. The van der Waals surface area contributed by atoms with Gasteiger partial charge in [-0.2, -0.15) is 0 Å². The van der Waals surface area contributed by atoms with E-state index in [9.17, 15) is 9.59 Å². The second-order valence-corrected chi connectivity index (χ2v) is 7.87. The number of methoxy groups -OCH3 is 1. The molecule has 0 fully saturated rings. The van der Waals surface area contributed by atoms with Crippen LogP contribution in [0.4, 0.5) is 10.8 Å². The number of halogens is 1. The van der Waals surface area contributed by atoms with Gasteiger partial charge < -0.3 is 20.2 Å². The van der Waals surface area contributed by atoms with Crippen LogP contribution in [0.1, 0.15) is 30.1 Å². The van der Waals surface area contributed by atoms with Crippen molar-refractivity contribution in [1.82, 2.24) is 4.98 Å². The molecule has 0 radical (unpaired) electrons. The average molecular weight is 464 g/mol. The Morgan fingerprint density at radius 3 is 2.82 bits per heavy atom. The number of rotatable bonds is 6. The summed E-state index contributed by atoms with van der Waals surface area (Å²) in [5.74, 6) is -0.00687. The van der Waals surface area contributed by atoms with Gasteiger partial charge in [0.15, 0.2) is 10.9 Å². The second-order valence-electron chi connectivity index (χ2n) is 6.22. The fraction of sp³-hybridized carbons (Fsp3) is 0.211. The van der Waals surface area contributed by atoms with E-state index in [1.54, 1.807) is 44.5 Å². The van der Waals surface area contributed by atoms with Crippen LogP contribution in [0.15, 0.2) is 32.5 Å². The van der Waals surface area contributed by atoms with Crippen LogP contribution < -0.4 is 15.8 Å². The predicted molar refractivity (Wildman–Crippen MR) is 114 cm³/mol. The van der Waals surface area contributed by atoms with Gasteiger partial charge in [-0.15, -0.1) is 11.3 Å². The lowest BCUT2D eigenvalue weighted by Crippen LogP contribution is -2.17. The van der Waals surface area contributed by atoms with Crippen molar-refractivity contribution in [2.75, 3.05) is 18.2 Å². The highest BCUT2D eigenvalue weighted by atomic mass is 79.9. The first-order chi connectivity index (χ1) is 13.3. The summed E-state index contributed by atoms with van der Waals surface area (Å²) in [6.07, 6.45) is 2.88. The summed E-state index contributed by atoms with van der Waals surface area (Å²) in [4.78, 5) is 28.5. The highest BCUT2D eigenvalue weighted by Gasteiger charge is 2.20. The fourth-order valence-corrected chi connectivity index (χ4v) is 3.79. The van der Waals surface area contributed by atoms with Crippen molar-refractivity contribution in [1.29, 1.82) is 0 Å². The lowest BCUT2D eigenvalue weighted by Gasteiger charge is -2.03. The molecule has 3 N–H and O–H groups in total. The topological polar surface area (TPSA) is 107 Å². The second kappa shape index (κ2) is 8.15. The van der Waals surface area contributed by atoms with Gasteiger partial charge >= 0.3 is 0 Å². The quantitative estimate of drug-likeness (QED) is 0.403. The van der Waals surface area contributed by atoms with Crippen LogP contribution in [-0.2, 0) is 4.79 Å². The Hall–Kier alpha value is -2.65. The number of nitrogens with two attached hydrogens (primary N) is 1. The highest BCUT2D eigenvalue weighted by Crippen LogP contribution is 2.39. The fourth-order valence-electron chi connectivity index (χ4n) is 2.40. The van der Waals surface area contributed by atoms with Crippen LogP contribution >= 0.6 is 27.3 Å². The van der Waals surface area contributed by atoms with Crippen LogP contribution in [0.25, 0.3) is 17.0 Å². The molecule has 3 rings (SSSR count). The summed E-state index contributed by atoms with van der Waals surface area (Å²) >= 11 is 4.71. The molecule has 7 nitrogen and oxygen atoms in total. The van der Waals surface area contributed by atoms with Gasteiger partial charge in [0.2, 0.25) is 11.7 Å². The summed E-state index contributed by atoms with van der Waals surface area (Å²) in [5, 5.41) is 5.52. The van der Waals surface area contributed by atoms with E-state index in [4.69, 9.17) is 14.9 Å². The number of ether oxygens (including phenoxy) is 1. The molecule has 9 heteroatoms. The molecule has 146 valence electrons. The van der Waals surface area contributed by atoms with Gasteiger partial charge in [0, 0.05) is 11.3 Å². The molecule has 2 aromatic heterocycles. The zero-order chi connectivity index (χ0) is 20.4. The Labute approximate surface area is 173 Å². The minimum atomic E-state index is -0.389. The number of furan rings is 1. The third-order valence-electron chi connectivity index (χ3n) is 3.92. The number of nitrogens with zero attached hydrogens (tertiary/aromatic N) is 1. The van der Waals surface area contributed by atoms with E-state index in [-0.39, 0.29) is 29.1 Å². The molecule has 0 aliphatic rings. The molecule has 2 heterocycles. The number of benzene rings is 1. The first-order valence-corrected chi connectivity index (χ1v) is 10.0. The van der Waals surface area contributed by atoms with Gasteiger partial charge in [-0.3, -0.25) is 9.59 Å². The third-order valence-corrected chi connectivity index (χ3v) is 5.48. The molecular formula is C19H18BrN3O4S. The number of hydrogen-bond donors (Lipinski definition) is 2. The molecule has 0 aliphatic carbocycles. The van der Waals surface area contributed by atoms with E-state index in [0.717, 1.165) is 0 Å². The Balaban J connectivity index is 1.82. The molecule has 0 atom stereocenters. The molecule has 0 saturated heterocycles. The van der Waals surface area contributed by atoms with Gasteiger partial charge in [0.05, 0.1) is 28.4 Å². The van der Waals surface area contributed by atoms with Crippen LogP contribution in [0.5, 0.6) is 5.75 Å². The standard InChI is InChI=1S/C19H18BrN3O4S/c1-9(2)18(25)23-19-22-10(8-28-19)4-5-11(24)17-16(21)14-12(27-17)6-7-13(26-3)15(14)20/h4-9H,21H2,1-3H3,(H,22,23,25)/b5-4+. The van der Waals surface area contributed by atoms with E-state index < -0.39 is 0 Å². The van der Waals surface area contributed by atoms with Crippen LogP contribution in [0, 0.1) is 5.92 Å². The largest absolute Gasteiger partial charge is 0.496 e. The van der Waals surface area contributed by atoms with Crippen molar-refractivity contribution >= 4 is 66.8 Å². The normalized spacial score (nSPS) is 11.5. The van der Waals surface area contributed by atoms with Crippen LogP contribution in [-0.4, -0.2) is 23.8 Å². The molecule has 0 bridgehead atoms. The number of thiazole rings is 1. The van der Waals surface area contributed by atoms with Crippen LogP contribution in [0.3, 0.4) is 0 Å². The molecule has 28 heavy (non-hydrogen) atoms. The molecule has 0 saturated carbocycles. The van der Waals surface area contributed by atoms with Crippen molar-refractivity contribution in [2.24, 2.45) is 5.92 Å². The first-order valence-electron chi connectivity index (χ1n) is 8.35. The summed E-state index contributed by atoms with van der Waals surface area (Å²) in [7, 11) is 1.54. The number of carbonyl (C=O) groups excluding carboxylic acids is 2. The third kappa shape index (κ3) is 3.95. The van der Waals surface area contributed by atoms with Crippen LogP contribution in [0.2, 0.25) is 0 Å². The Bertz CT molecular complexity index is 1080. The number of ketones is 1. The minimum absolute atomic E-state index is 0.0452. The number of nitrogens with one attached hydrogen (secondary N) is 1. The maximum absolute atomic E-state index is 12.5. The number of nitrogen functional groups attached to an aromatic ring is 1. The number of fused-ring (bicyclic) bond motifs is 1. The van der Waals surface area contributed by atoms with Gasteiger partial charge in [-0.1, -0.05) is 13.8 Å². The number of anilines is 2. The number of allylic oxidation sites excluding steroid dienone is 1. The Kier molecular flexibility index (Phi) is 5.85. The zero-order valence-corrected chi connectivity index (χ0v) is 17.8. The minimum Gasteiger partial charge on any atom is -0.496 e. The number of carbonyl (C=O) groups is 2. The van der Waals surface area contributed by atoms with E-state index in [1.165, 1.54) is 17.4 Å². The Morgan fingerprint density at radius 1 is 1.39 bits per heavy atom. The molecular weight excluding hydrogens is 446 g/mol. The predicted octanol–water partition coefficient (Wildman–Crippen LogP) is 4.73. The number of hydrogen-bond acceptors (Lipinski definition) is 7. The maximum Gasteiger partial charge on any atom is 0.228 e. The summed E-state index contributed by atoms with van der Waals surface area (Å²) in [6, 6.07) is 3.42. The average Bonchev–Trinajstić information content (AvgIpc) is 3.24. The molecule has 0 unspecified atom stereocenters.